The summed E-state index contributed by atoms with van der Waals surface area (Å²) in [5.41, 5.74) is -0.0528. The highest BCUT2D eigenvalue weighted by atomic mass is 19.1. The number of hydrogen-bond acceptors (Lipinski definition) is 6. The molecule has 10 heteroatoms. The highest BCUT2D eigenvalue weighted by Crippen LogP contribution is 2.36. The van der Waals surface area contributed by atoms with Gasteiger partial charge in [0.05, 0.1) is 11.6 Å². The summed E-state index contributed by atoms with van der Waals surface area (Å²) in [6.45, 7) is 2.61. The van der Waals surface area contributed by atoms with E-state index in [1.807, 2.05) is 4.90 Å². The third kappa shape index (κ3) is 4.13. The number of carbonyl (C=O) groups excluding carboxylic acids is 2. The van der Waals surface area contributed by atoms with Crippen molar-refractivity contribution in [3.63, 3.8) is 0 Å². The number of nitro benzene ring substituents is 1. The van der Waals surface area contributed by atoms with Crippen molar-refractivity contribution in [2.75, 3.05) is 37.7 Å². The fraction of sp³-hybridized carbons (Fsp3) is 0.364. The van der Waals surface area contributed by atoms with Crippen molar-refractivity contribution in [3.05, 3.63) is 70.0 Å². The van der Waals surface area contributed by atoms with Crippen LogP contribution in [0.4, 0.5) is 15.8 Å². The number of halogens is 1. The number of para-hydroxylation sites is 1. The predicted molar refractivity (Wildman–Crippen MR) is 116 cm³/mol. The van der Waals surface area contributed by atoms with Gasteiger partial charge in [-0.1, -0.05) is 12.1 Å². The molecule has 0 aliphatic carbocycles. The van der Waals surface area contributed by atoms with Crippen LogP contribution >= 0.6 is 0 Å². The van der Waals surface area contributed by atoms with E-state index in [0.29, 0.717) is 45.7 Å². The Morgan fingerprint density at radius 2 is 1.84 bits per heavy atom. The van der Waals surface area contributed by atoms with Crippen LogP contribution in [0.5, 0.6) is 0 Å². The minimum absolute atomic E-state index is 0.0221. The van der Waals surface area contributed by atoms with Gasteiger partial charge in [-0.05, 0) is 43.2 Å². The monoisotopic (exact) mass is 441 g/mol. The third-order valence-electron chi connectivity index (χ3n) is 6.22. The molecule has 2 aliphatic rings. The highest BCUT2D eigenvalue weighted by Gasteiger charge is 2.50. The van der Waals surface area contributed by atoms with Crippen molar-refractivity contribution < 1.29 is 18.9 Å². The van der Waals surface area contributed by atoms with E-state index in [0.717, 1.165) is 5.69 Å². The molecule has 0 unspecified atom stereocenters. The number of carbonyl (C=O) groups is 2. The van der Waals surface area contributed by atoms with Gasteiger partial charge in [-0.25, -0.2) is 4.39 Å². The van der Waals surface area contributed by atoms with Gasteiger partial charge >= 0.3 is 0 Å². The fourth-order valence-corrected chi connectivity index (χ4v) is 4.44. The summed E-state index contributed by atoms with van der Waals surface area (Å²) in [6, 6.07) is 12.0. The van der Waals surface area contributed by atoms with Crippen molar-refractivity contribution in [3.8, 4) is 0 Å². The zero-order chi connectivity index (χ0) is 22.7. The van der Waals surface area contributed by atoms with Gasteiger partial charge in [0.2, 0.25) is 5.91 Å². The van der Waals surface area contributed by atoms with Crippen LogP contribution in [0.15, 0.2) is 48.5 Å². The molecule has 0 saturated carbocycles. The van der Waals surface area contributed by atoms with E-state index < -0.39 is 16.4 Å². The topological polar surface area (TPSA) is 108 Å². The summed E-state index contributed by atoms with van der Waals surface area (Å²) in [4.78, 5) is 39.7. The standard InChI is InChI=1S/C22H24FN5O4/c23-16-5-7-17(8-6-16)27-15-25-21(30)22(27)9-12-26(13-10-22)14-11-24-20(29)18-3-1-2-4-19(18)28(31)32/h1-8H,9-15H2,(H,24,29)(H,25,30). The van der Waals surface area contributed by atoms with Crippen molar-refractivity contribution in [1.82, 2.24) is 15.5 Å². The van der Waals surface area contributed by atoms with Crippen LogP contribution in [0.1, 0.15) is 23.2 Å². The molecule has 1 spiro atoms. The Morgan fingerprint density at radius 3 is 2.53 bits per heavy atom. The molecule has 0 bridgehead atoms. The van der Waals surface area contributed by atoms with Crippen molar-refractivity contribution in [2.24, 2.45) is 0 Å². The second-order valence-corrected chi connectivity index (χ2v) is 7.97. The summed E-state index contributed by atoms with van der Waals surface area (Å²) in [6.07, 6.45) is 1.21. The quantitative estimate of drug-likeness (QED) is 0.524. The van der Waals surface area contributed by atoms with E-state index in [4.69, 9.17) is 0 Å². The first-order valence-corrected chi connectivity index (χ1v) is 10.5. The highest BCUT2D eigenvalue weighted by molar-refractivity contribution is 5.98. The maximum Gasteiger partial charge on any atom is 0.282 e. The lowest BCUT2D eigenvalue weighted by Gasteiger charge is -2.43. The molecular weight excluding hydrogens is 417 g/mol. The molecule has 0 atom stereocenters. The van der Waals surface area contributed by atoms with Crippen LogP contribution in [-0.4, -0.2) is 60.0 Å². The fourth-order valence-electron chi connectivity index (χ4n) is 4.44. The Morgan fingerprint density at radius 1 is 1.16 bits per heavy atom. The zero-order valence-electron chi connectivity index (χ0n) is 17.4. The second-order valence-electron chi connectivity index (χ2n) is 7.97. The van der Waals surface area contributed by atoms with Gasteiger partial charge in [0.15, 0.2) is 0 Å². The average Bonchev–Trinajstić information content (AvgIpc) is 3.11. The molecule has 2 saturated heterocycles. The number of amides is 2. The van der Waals surface area contributed by atoms with Crippen LogP contribution in [0, 0.1) is 15.9 Å². The molecule has 2 aromatic carbocycles. The number of nitro groups is 1. The van der Waals surface area contributed by atoms with Crippen LogP contribution in [-0.2, 0) is 4.79 Å². The van der Waals surface area contributed by atoms with Crippen LogP contribution in [0.3, 0.4) is 0 Å². The van der Waals surface area contributed by atoms with Crippen molar-refractivity contribution in [2.45, 2.75) is 18.4 Å². The first-order valence-electron chi connectivity index (χ1n) is 10.5. The number of likely N-dealkylation sites (tertiary alicyclic amines) is 1. The van der Waals surface area contributed by atoms with E-state index in [2.05, 4.69) is 15.5 Å². The normalized spacial score (nSPS) is 17.9. The largest absolute Gasteiger partial charge is 0.351 e. The lowest BCUT2D eigenvalue weighted by atomic mass is 9.85. The molecule has 0 radical (unpaired) electrons. The molecule has 32 heavy (non-hydrogen) atoms. The number of hydrogen-bond donors (Lipinski definition) is 2. The van der Waals surface area contributed by atoms with Crippen LogP contribution in [0.2, 0.25) is 0 Å². The summed E-state index contributed by atoms with van der Waals surface area (Å²) < 4.78 is 13.3. The van der Waals surface area contributed by atoms with Crippen molar-refractivity contribution >= 4 is 23.2 Å². The smallest absolute Gasteiger partial charge is 0.282 e. The lowest BCUT2D eigenvalue weighted by Crippen LogP contribution is -2.57. The molecule has 9 nitrogen and oxygen atoms in total. The van der Waals surface area contributed by atoms with E-state index in [9.17, 15) is 24.1 Å². The number of anilines is 1. The first-order chi connectivity index (χ1) is 15.4. The minimum Gasteiger partial charge on any atom is -0.351 e. The second kappa shape index (κ2) is 8.91. The Balaban J connectivity index is 1.33. The van der Waals surface area contributed by atoms with Gasteiger partial charge in [0, 0.05) is 37.9 Å². The maximum absolute atomic E-state index is 13.3. The number of benzene rings is 2. The van der Waals surface area contributed by atoms with E-state index in [1.165, 1.54) is 30.3 Å². The van der Waals surface area contributed by atoms with Crippen molar-refractivity contribution in [1.29, 1.82) is 0 Å². The van der Waals surface area contributed by atoms with Gasteiger partial charge in [-0.3, -0.25) is 19.7 Å². The SMILES string of the molecule is O=C(NCCN1CCC2(CC1)C(=O)NCN2c1ccc(F)cc1)c1ccccc1[N+](=O)[O-]. The van der Waals surface area contributed by atoms with Gasteiger partial charge in [0.25, 0.3) is 11.6 Å². The molecule has 2 aromatic rings. The van der Waals surface area contributed by atoms with Crippen LogP contribution < -0.4 is 15.5 Å². The Bertz CT molecular complexity index is 1020. The molecule has 168 valence electrons. The van der Waals surface area contributed by atoms with Gasteiger partial charge in [-0.2, -0.15) is 0 Å². The van der Waals surface area contributed by atoms with Gasteiger partial charge < -0.3 is 20.4 Å². The Kier molecular flexibility index (Phi) is 6.04. The summed E-state index contributed by atoms with van der Waals surface area (Å²) >= 11 is 0. The number of rotatable bonds is 6. The third-order valence-corrected chi connectivity index (χ3v) is 6.22. The van der Waals surface area contributed by atoms with Crippen LogP contribution in [0.25, 0.3) is 0 Å². The number of nitrogens with zero attached hydrogens (tertiary/aromatic N) is 3. The molecule has 2 aliphatic heterocycles. The average molecular weight is 441 g/mol. The Hall–Kier alpha value is -3.53. The predicted octanol–water partition coefficient (Wildman–Crippen LogP) is 1.89. The van der Waals surface area contributed by atoms with E-state index in [1.54, 1.807) is 18.2 Å². The van der Waals surface area contributed by atoms with E-state index >= 15 is 0 Å². The molecule has 2 N–H and O–H groups in total. The summed E-state index contributed by atoms with van der Waals surface area (Å²) in [5, 5.41) is 16.8. The molecule has 2 fully saturated rings. The molecule has 0 aromatic heterocycles. The summed E-state index contributed by atoms with van der Waals surface area (Å²) in [7, 11) is 0. The van der Waals surface area contributed by atoms with Gasteiger partial charge in [-0.15, -0.1) is 0 Å². The molecule has 2 amide bonds. The lowest BCUT2D eigenvalue weighted by molar-refractivity contribution is -0.385. The molecule has 2 heterocycles. The molecular formula is C22H24FN5O4. The van der Waals surface area contributed by atoms with E-state index in [-0.39, 0.29) is 23.0 Å². The zero-order valence-corrected chi connectivity index (χ0v) is 17.4. The number of nitrogens with one attached hydrogen (secondary N) is 2. The van der Waals surface area contributed by atoms with Gasteiger partial charge in [0.1, 0.15) is 16.9 Å². The minimum atomic E-state index is -0.664. The Labute approximate surface area is 184 Å². The summed E-state index contributed by atoms with van der Waals surface area (Å²) in [5.74, 6) is -0.825. The number of piperidine rings is 1. The first kappa shape index (κ1) is 21.7. The maximum atomic E-state index is 13.3. The molecule has 4 rings (SSSR count).